The molecule has 0 aliphatic heterocycles. The average Bonchev–Trinajstić information content (AvgIpc) is 2.54. The average molecular weight is 291 g/mol. The van der Waals surface area contributed by atoms with Crippen molar-refractivity contribution < 1.29 is 9.47 Å². The molecule has 0 saturated heterocycles. The summed E-state index contributed by atoms with van der Waals surface area (Å²) in [7, 11) is 1.71. The molecule has 118 valence electrons. The van der Waals surface area contributed by atoms with E-state index in [4.69, 9.17) is 9.47 Å². The normalized spacial score (nSPS) is 17.5. The summed E-state index contributed by atoms with van der Waals surface area (Å²) >= 11 is 0. The summed E-state index contributed by atoms with van der Waals surface area (Å²) in [5.41, 5.74) is 1.26. The molecule has 1 aromatic rings. The van der Waals surface area contributed by atoms with Gasteiger partial charge in [-0.1, -0.05) is 32.3 Å². The summed E-state index contributed by atoms with van der Waals surface area (Å²) < 4.78 is 11.4. The first-order valence-corrected chi connectivity index (χ1v) is 8.30. The molecular weight excluding hydrogens is 262 g/mol. The zero-order chi connectivity index (χ0) is 15.1. The van der Waals surface area contributed by atoms with Gasteiger partial charge in [0, 0.05) is 12.6 Å². The summed E-state index contributed by atoms with van der Waals surface area (Å²) in [4.78, 5) is 0. The molecule has 2 rings (SSSR count). The van der Waals surface area contributed by atoms with Crippen LogP contribution in [0.15, 0.2) is 18.2 Å². The van der Waals surface area contributed by atoms with Gasteiger partial charge in [-0.25, -0.2) is 0 Å². The molecule has 0 amide bonds. The van der Waals surface area contributed by atoms with Crippen LogP contribution >= 0.6 is 0 Å². The van der Waals surface area contributed by atoms with Gasteiger partial charge < -0.3 is 14.8 Å². The first-order chi connectivity index (χ1) is 10.2. The number of benzene rings is 1. The van der Waals surface area contributed by atoms with Gasteiger partial charge in [0.2, 0.25) is 0 Å². The highest BCUT2D eigenvalue weighted by molar-refractivity contribution is 5.43. The van der Waals surface area contributed by atoms with E-state index in [1.165, 1.54) is 37.7 Å². The van der Waals surface area contributed by atoms with Gasteiger partial charge in [-0.2, -0.15) is 0 Å². The van der Waals surface area contributed by atoms with E-state index in [0.717, 1.165) is 24.5 Å². The molecule has 1 aliphatic carbocycles. The van der Waals surface area contributed by atoms with Crippen LogP contribution in [-0.4, -0.2) is 19.3 Å². The monoisotopic (exact) mass is 291 g/mol. The van der Waals surface area contributed by atoms with Crippen LogP contribution in [0.2, 0.25) is 0 Å². The van der Waals surface area contributed by atoms with Gasteiger partial charge in [0.15, 0.2) is 11.5 Å². The van der Waals surface area contributed by atoms with E-state index in [1.807, 2.05) is 6.07 Å². The Bertz CT molecular complexity index is 427. The standard InChI is InChI=1S/C18H29NO2/c1-4-14(2)21-17-11-10-15(12-18(17)20-3)13-19-16-8-6-5-7-9-16/h10-12,14,16,19H,4-9,13H2,1-3H3. The first-order valence-electron chi connectivity index (χ1n) is 8.30. The number of ether oxygens (including phenoxy) is 2. The summed E-state index contributed by atoms with van der Waals surface area (Å²) in [6.45, 7) is 5.11. The predicted molar refractivity (Wildman–Crippen MR) is 87.1 cm³/mol. The minimum Gasteiger partial charge on any atom is -0.493 e. The van der Waals surface area contributed by atoms with E-state index in [0.29, 0.717) is 6.04 Å². The van der Waals surface area contributed by atoms with Gasteiger partial charge >= 0.3 is 0 Å². The lowest BCUT2D eigenvalue weighted by atomic mass is 9.95. The maximum atomic E-state index is 5.89. The zero-order valence-corrected chi connectivity index (χ0v) is 13.7. The fraction of sp³-hybridized carbons (Fsp3) is 0.667. The molecule has 21 heavy (non-hydrogen) atoms. The Hall–Kier alpha value is -1.22. The van der Waals surface area contributed by atoms with Crippen molar-refractivity contribution in [2.75, 3.05) is 7.11 Å². The second kappa shape index (κ2) is 8.28. The van der Waals surface area contributed by atoms with Gasteiger partial charge in [0.25, 0.3) is 0 Å². The lowest BCUT2D eigenvalue weighted by molar-refractivity contribution is 0.207. The third kappa shape index (κ3) is 4.92. The van der Waals surface area contributed by atoms with Crippen molar-refractivity contribution in [1.29, 1.82) is 0 Å². The van der Waals surface area contributed by atoms with Crippen LogP contribution in [0.5, 0.6) is 11.5 Å². The molecule has 3 nitrogen and oxygen atoms in total. The van der Waals surface area contributed by atoms with Crippen molar-refractivity contribution in [1.82, 2.24) is 5.32 Å². The molecular formula is C18H29NO2. The van der Waals surface area contributed by atoms with Crippen LogP contribution < -0.4 is 14.8 Å². The highest BCUT2D eigenvalue weighted by Crippen LogP contribution is 2.29. The van der Waals surface area contributed by atoms with Crippen molar-refractivity contribution in [2.45, 2.75) is 71.1 Å². The Balaban J connectivity index is 1.94. The topological polar surface area (TPSA) is 30.5 Å². The van der Waals surface area contributed by atoms with E-state index in [9.17, 15) is 0 Å². The summed E-state index contributed by atoms with van der Waals surface area (Å²) in [6.07, 6.45) is 7.95. The number of methoxy groups -OCH3 is 1. The van der Waals surface area contributed by atoms with Crippen molar-refractivity contribution >= 4 is 0 Å². The van der Waals surface area contributed by atoms with Crippen LogP contribution in [0.1, 0.15) is 57.9 Å². The Labute approximate surface area is 129 Å². The number of hydrogen-bond acceptors (Lipinski definition) is 3. The SMILES string of the molecule is CCC(C)Oc1ccc(CNC2CCCCC2)cc1OC. The first kappa shape index (κ1) is 16.2. The molecule has 0 heterocycles. The van der Waals surface area contributed by atoms with Crippen LogP contribution in [0, 0.1) is 0 Å². The third-order valence-electron chi connectivity index (χ3n) is 4.33. The Morgan fingerprint density at radius 3 is 2.62 bits per heavy atom. The Kier molecular flexibility index (Phi) is 6.37. The lowest BCUT2D eigenvalue weighted by Crippen LogP contribution is -2.30. The minimum absolute atomic E-state index is 0.213. The number of hydrogen-bond donors (Lipinski definition) is 1. The zero-order valence-electron chi connectivity index (χ0n) is 13.7. The van der Waals surface area contributed by atoms with E-state index in [1.54, 1.807) is 7.11 Å². The molecule has 1 N–H and O–H groups in total. The molecule has 1 fully saturated rings. The van der Waals surface area contributed by atoms with Crippen molar-refractivity contribution in [3.05, 3.63) is 23.8 Å². The second-order valence-corrected chi connectivity index (χ2v) is 6.04. The highest BCUT2D eigenvalue weighted by Gasteiger charge is 2.13. The van der Waals surface area contributed by atoms with Crippen LogP contribution in [0.3, 0.4) is 0 Å². The fourth-order valence-electron chi connectivity index (χ4n) is 2.79. The molecule has 1 aromatic carbocycles. The molecule has 0 bridgehead atoms. The van der Waals surface area contributed by atoms with Crippen LogP contribution in [0.4, 0.5) is 0 Å². The molecule has 0 aromatic heterocycles. The molecule has 3 heteroatoms. The third-order valence-corrected chi connectivity index (χ3v) is 4.33. The smallest absolute Gasteiger partial charge is 0.161 e. The van der Waals surface area contributed by atoms with E-state index in [-0.39, 0.29) is 6.10 Å². The van der Waals surface area contributed by atoms with Gasteiger partial charge in [-0.15, -0.1) is 0 Å². The van der Waals surface area contributed by atoms with E-state index < -0.39 is 0 Å². The molecule has 0 radical (unpaired) electrons. The molecule has 1 saturated carbocycles. The van der Waals surface area contributed by atoms with Crippen molar-refractivity contribution in [2.24, 2.45) is 0 Å². The van der Waals surface area contributed by atoms with Crippen molar-refractivity contribution in [3.8, 4) is 11.5 Å². The number of rotatable bonds is 7. The predicted octanol–water partition coefficient (Wildman–Crippen LogP) is 4.29. The molecule has 1 unspecified atom stereocenters. The van der Waals surface area contributed by atoms with Crippen molar-refractivity contribution in [3.63, 3.8) is 0 Å². The summed E-state index contributed by atoms with van der Waals surface area (Å²) in [6, 6.07) is 6.94. The van der Waals surface area contributed by atoms with Gasteiger partial charge in [-0.05, 0) is 43.9 Å². The summed E-state index contributed by atoms with van der Waals surface area (Å²) in [5, 5.41) is 3.66. The van der Waals surface area contributed by atoms with Gasteiger partial charge in [-0.3, -0.25) is 0 Å². The quantitative estimate of drug-likeness (QED) is 0.812. The van der Waals surface area contributed by atoms with E-state index >= 15 is 0 Å². The fourth-order valence-corrected chi connectivity index (χ4v) is 2.79. The molecule has 0 spiro atoms. The molecule has 1 aliphatic rings. The van der Waals surface area contributed by atoms with Gasteiger partial charge in [0.1, 0.15) is 0 Å². The van der Waals surface area contributed by atoms with Crippen LogP contribution in [0.25, 0.3) is 0 Å². The highest BCUT2D eigenvalue weighted by atomic mass is 16.5. The summed E-state index contributed by atoms with van der Waals surface area (Å²) in [5.74, 6) is 1.67. The van der Waals surface area contributed by atoms with Crippen LogP contribution in [-0.2, 0) is 6.54 Å². The Morgan fingerprint density at radius 1 is 1.19 bits per heavy atom. The minimum atomic E-state index is 0.213. The maximum Gasteiger partial charge on any atom is 0.161 e. The maximum absolute atomic E-state index is 5.89. The lowest BCUT2D eigenvalue weighted by Gasteiger charge is -2.23. The van der Waals surface area contributed by atoms with E-state index in [2.05, 4.69) is 31.3 Å². The largest absolute Gasteiger partial charge is 0.493 e. The number of nitrogens with one attached hydrogen (secondary N) is 1. The Morgan fingerprint density at radius 2 is 1.95 bits per heavy atom. The second-order valence-electron chi connectivity index (χ2n) is 6.04. The van der Waals surface area contributed by atoms with Gasteiger partial charge in [0.05, 0.1) is 13.2 Å². The molecule has 1 atom stereocenters.